The highest BCUT2D eigenvalue weighted by molar-refractivity contribution is 5.71. The first-order valence-corrected chi connectivity index (χ1v) is 33.8. The second-order valence-corrected chi connectivity index (χ2v) is 22.7. The molecule has 0 radical (unpaired) electrons. The summed E-state index contributed by atoms with van der Waals surface area (Å²) >= 11 is 0. The number of carbonyl (C=O) groups is 3. The Bertz CT molecular complexity index is 1380. The molecule has 0 rings (SSSR count). The Hall–Kier alpha value is -2.89. The lowest BCUT2D eigenvalue weighted by Crippen LogP contribution is -2.30. The second-order valence-electron chi connectivity index (χ2n) is 22.7. The molecule has 0 spiro atoms. The molecular formula is C71H128O6. The van der Waals surface area contributed by atoms with Gasteiger partial charge >= 0.3 is 17.9 Å². The van der Waals surface area contributed by atoms with E-state index in [2.05, 4.69) is 81.5 Å². The van der Waals surface area contributed by atoms with Crippen LogP contribution in [-0.2, 0) is 28.6 Å². The molecule has 0 amide bonds. The van der Waals surface area contributed by atoms with Crippen LogP contribution in [-0.4, -0.2) is 37.2 Å². The zero-order valence-corrected chi connectivity index (χ0v) is 51.5. The number of hydrogen-bond donors (Lipinski definition) is 0. The van der Waals surface area contributed by atoms with Crippen LogP contribution in [0.4, 0.5) is 0 Å². The van der Waals surface area contributed by atoms with Gasteiger partial charge in [0.15, 0.2) is 6.10 Å². The van der Waals surface area contributed by atoms with E-state index in [-0.39, 0.29) is 31.1 Å². The Labute approximate surface area is 479 Å². The summed E-state index contributed by atoms with van der Waals surface area (Å²) in [6.07, 6.45) is 83.8. The number of rotatable bonds is 62. The second kappa shape index (κ2) is 65.6. The van der Waals surface area contributed by atoms with Gasteiger partial charge < -0.3 is 14.2 Å². The van der Waals surface area contributed by atoms with E-state index in [1.807, 2.05) is 0 Å². The van der Waals surface area contributed by atoms with Gasteiger partial charge in [-0.05, 0) is 89.9 Å². The predicted molar refractivity (Wildman–Crippen MR) is 335 cm³/mol. The van der Waals surface area contributed by atoms with Gasteiger partial charge in [-0.3, -0.25) is 14.4 Å². The number of ether oxygens (including phenoxy) is 3. The third-order valence-corrected chi connectivity index (χ3v) is 15.0. The molecule has 0 N–H and O–H groups in total. The minimum Gasteiger partial charge on any atom is -0.462 e. The minimum atomic E-state index is -0.777. The molecule has 0 fully saturated rings. The average molecular weight is 1080 g/mol. The van der Waals surface area contributed by atoms with Gasteiger partial charge in [-0.25, -0.2) is 0 Å². The molecule has 6 nitrogen and oxygen atoms in total. The lowest BCUT2D eigenvalue weighted by Gasteiger charge is -2.18. The summed E-state index contributed by atoms with van der Waals surface area (Å²) in [7, 11) is 0. The van der Waals surface area contributed by atoms with Crippen LogP contribution in [0.1, 0.15) is 355 Å². The number of allylic oxidation sites excluding steroid dienone is 10. The van der Waals surface area contributed by atoms with Crippen LogP contribution < -0.4 is 0 Å². The van der Waals surface area contributed by atoms with Crippen molar-refractivity contribution in [2.45, 2.75) is 361 Å². The topological polar surface area (TPSA) is 78.9 Å². The van der Waals surface area contributed by atoms with Gasteiger partial charge in [-0.1, -0.05) is 306 Å². The first kappa shape index (κ1) is 74.1. The lowest BCUT2D eigenvalue weighted by atomic mass is 10.0. The van der Waals surface area contributed by atoms with Crippen molar-refractivity contribution in [2.24, 2.45) is 0 Å². The van der Waals surface area contributed by atoms with Crippen molar-refractivity contribution in [3.8, 4) is 0 Å². The molecule has 0 aromatic heterocycles. The largest absolute Gasteiger partial charge is 0.462 e. The average Bonchev–Trinajstić information content (AvgIpc) is 3.43. The maximum Gasteiger partial charge on any atom is 0.306 e. The van der Waals surface area contributed by atoms with E-state index in [0.29, 0.717) is 19.3 Å². The van der Waals surface area contributed by atoms with Gasteiger partial charge in [0.05, 0.1) is 0 Å². The van der Waals surface area contributed by atoms with Gasteiger partial charge in [0.25, 0.3) is 0 Å². The first-order valence-electron chi connectivity index (χ1n) is 33.8. The highest BCUT2D eigenvalue weighted by Gasteiger charge is 2.19. The van der Waals surface area contributed by atoms with E-state index < -0.39 is 6.10 Å². The van der Waals surface area contributed by atoms with Gasteiger partial charge in [-0.2, -0.15) is 0 Å². The smallest absolute Gasteiger partial charge is 0.306 e. The predicted octanol–water partition coefficient (Wildman–Crippen LogP) is 23.1. The summed E-state index contributed by atoms with van der Waals surface area (Å²) in [5.74, 6) is -0.863. The van der Waals surface area contributed by atoms with Crippen LogP contribution in [0.3, 0.4) is 0 Å². The van der Waals surface area contributed by atoms with Gasteiger partial charge in [0, 0.05) is 19.3 Å². The standard InChI is InChI=1S/C71H128O6/c1-4-7-10-13-16-19-22-25-27-29-31-32-33-34-35-36-37-38-39-40-41-43-44-46-49-52-55-58-61-64-70(73)76-67-68(66-75-69(72)63-60-57-54-51-48-24-21-18-15-12-9-6-3)77-71(74)65-62-59-56-53-50-47-45-42-30-28-26-23-20-17-14-11-8-5-2/h20,22-23,25,28-31,33-34,68H,4-19,21,24,26-27,32,35-67H2,1-3H3/b23-20-,25-22-,30-28-,31-29-,34-33-. The molecule has 448 valence electrons. The van der Waals surface area contributed by atoms with Gasteiger partial charge in [0.2, 0.25) is 0 Å². The number of hydrogen-bond acceptors (Lipinski definition) is 6. The normalized spacial score (nSPS) is 12.4. The maximum atomic E-state index is 12.9. The molecule has 77 heavy (non-hydrogen) atoms. The van der Waals surface area contributed by atoms with E-state index in [1.165, 1.54) is 231 Å². The molecule has 0 aliphatic rings. The molecule has 0 saturated heterocycles. The van der Waals surface area contributed by atoms with Crippen LogP contribution >= 0.6 is 0 Å². The van der Waals surface area contributed by atoms with Crippen molar-refractivity contribution in [2.75, 3.05) is 13.2 Å². The molecule has 0 aliphatic heterocycles. The van der Waals surface area contributed by atoms with E-state index in [0.717, 1.165) is 83.5 Å². The number of carbonyl (C=O) groups excluding carboxylic acids is 3. The SMILES string of the molecule is CCCCCC/C=C\C/C=C\CCCCCCCCCC(=O)OC(COC(=O)CCCCCCCCCCCCCC)COC(=O)CCCCCCCCCCCCCCCC/C=C\C/C=C\C/C=C\CCCCCCC. The number of esters is 3. The van der Waals surface area contributed by atoms with Crippen LogP contribution in [0.5, 0.6) is 0 Å². The number of unbranched alkanes of at least 4 members (excludes halogenated alkanes) is 41. The third-order valence-electron chi connectivity index (χ3n) is 15.0. The highest BCUT2D eigenvalue weighted by Crippen LogP contribution is 2.17. The van der Waals surface area contributed by atoms with Crippen molar-refractivity contribution in [3.05, 3.63) is 60.8 Å². The molecule has 1 atom stereocenters. The molecule has 0 aromatic carbocycles. The highest BCUT2D eigenvalue weighted by atomic mass is 16.6. The Morgan fingerprint density at radius 1 is 0.260 bits per heavy atom. The fourth-order valence-corrected chi connectivity index (χ4v) is 9.89. The van der Waals surface area contributed by atoms with Crippen LogP contribution in [0.2, 0.25) is 0 Å². The Balaban J connectivity index is 4.21. The summed E-state index contributed by atoms with van der Waals surface area (Å²) in [5.41, 5.74) is 0. The molecule has 1 unspecified atom stereocenters. The van der Waals surface area contributed by atoms with Crippen LogP contribution in [0, 0.1) is 0 Å². The Kier molecular flexibility index (Phi) is 63.2. The molecule has 0 heterocycles. The summed E-state index contributed by atoms with van der Waals surface area (Å²) in [6.45, 7) is 6.65. The van der Waals surface area contributed by atoms with Crippen molar-refractivity contribution >= 4 is 17.9 Å². The Morgan fingerprint density at radius 3 is 0.740 bits per heavy atom. The van der Waals surface area contributed by atoms with Crippen molar-refractivity contribution in [1.29, 1.82) is 0 Å². The molecule has 0 aliphatic carbocycles. The van der Waals surface area contributed by atoms with Crippen LogP contribution in [0.15, 0.2) is 60.8 Å². The Morgan fingerprint density at radius 2 is 0.468 bits per heavy atom. The monoisotopic (exact) mass is 1080 g/mol. The van der Waals surface area contributed by atoms with E-state index in [4.69, 9.17) is 14.2 Å². The molecule has 6 heteroatoms. The summed E-state index contributed by atoms with van der Waals surface area (Å²) in [6, 6.07) is 0. The molecule has 0 saturated carbocycles. The summed E-state index contributed by atoms with van der Waals surface area (Å²) < 4.78 is 16.9. The maximum absolute atomic E-state index is 12.9. The van der Waals surface area contributed by atoms with Crippen LogP contribution in [0.25, 0.3) is 0 Å². The van der Waals surface area contributed by atoms with Crippen molar-refractivity contribution in [1.82, 2.24) is 0 Å². The summed E-state index contributed by atoms with van der Waals surface area (Å²) in [4.78, 5) is 38.3. The molecule has 0 aromatic rings. The fraction of sp³-hybridized carbons (Fsp3) is 0.817. The molecule has 0 bridgehead atoms. The van der Waals surface area contributed by atoms with E-state index in [9.17, 15) is 14.4 Å². The molecular weight excluding hydrogens is 949 g/mol. The quantitative estimate of drug-likeness (QED) is 0.0261. The first-order chi connectivity index (χ1) is 38.0. The van der Waals surface area contributed by atoms with Gasteiger partial charge in [-0.15, -0.1) is 0 Å². The van der Waals surface area contributed by atoms with Crippen molar-refractivity contribution < 1.29 is 28.6 Å². The van der Waals surface area contributed by atoms with E-state index >= 15 is 0 Å². The zero-order valence-electron chi connectivity index (χ0n) is 51.5. The zero-order chi connectivity index (χ0) is 55.7. The minimum absolute atomic E-state index is 0.0735. The summed E-state index contributed by atoms with van der Waals surface area (Å²) in [5, 5.41) is 0. The lowest BCUT2D eigenvalue weighted by molar-refractivity contribution is -0.167. The van der Waals surface area contributed by atoms with Gasteiger partial charge in [0.1, 0.15) is 13.2 Å². The van der Waals surface area contributed by atoms with Crippen molar-refractivity contribution in [3.63, 3.8) is 0 Å². The van der Waals surface area contributed by atoms with E-state index in [1.54, 1.807) is 0 Å². The third kappa shape index (κ3) is 63.8. The fourth-order valence-electron chi connectivity index (χ4n) is 9.89.